The van der Waals surface area contributed by atoms with Gasteiger partial charge in [-0.05, 0) is 41.0 Å². The molecule has 0 aliphatic heterocycles. The van der Waals surface area contributed by atoms with Crippen molar-refractivity contribution < 1.29 is 9.84 Å². The summed E-state index contributed by atoms with van der Waals surface area (Å²) in [5, 5.41) is 12.6. The minimum atomic E-state index is -0.393. The minimum absolute atomic E-state index is 0.387. The fourth-order valence-corrected chi connectivity index (χ4v) is 1.51. The van der Waals surface area contributed by atoms with E-state index in [2.05, 4.69) is 26.2 Å². The molecular weight excluding hydrogens is 272 g/mol. The topological polar surface area (TPSA) is 54.4 Å². The third kappa shape index (κ3) is 5.55. The van der Waals surface area contributed by atoms with Gasteiger partial charge in [0.05, 0.1) is 18.4 Å². The molecule has 90 valence electrons. The predicted octanol–water partition coefficient (Wildman–Crippen LogP) is 1.33. The fourth-order valence-electron chi connectivity index (χ4n) is 1.27. The number of methoxy groups -OCH3 is 1. The zero-order valence-corrected chi connectivity index (χ0v) is 10.9. The second-order valence-corrected chi connectivity index (χ2v) is 4.46. The van der Waals surface area contributed by atoms with Gasteiger partial charge in [0.1, 0.15) is 0 Å². The van der Waals surface area contributed by atoms with Crippen molar-refractivity contribution in [2.24, 2.45) is 0 Å². The van der Waals surface area contributed by atoms with E-state index in [9.17, 15) is 5.11 Å². The molecule has 0 saturated carbocycles. The highest BCUT2D eigenvalue weighted by Crippen LogP contribution is 2.06. The van der Waals surface area contributed by atoms with Crippen molar-refractivity contribution in [1.82, 2.24) is 10.3 Å². The van der Waals surface area contributed by atoms with Gasteiger partial charge >= 0.3 is 0 Å². The van der Waals surface area contributed by atoms with Crippen LogP contribution in [0.25, 0.3) is 0 Å². The normalized spacial score (nSPS) is 12.7. The van der Waals surface area contributed by atoms with Crippen molar-refractivity contribution in [3.63, 3.8) is 0 Å². The SMILES string of the molecule is COCC(O)CCNCc1ccc(Br)cn1. The zero-order chi connectivity index (χ0) is 11.8. The highest BCUT2D eigenvalue weighted by molar-refractivity contribution is 9.10. The van der Waals surface area contributed by atoms with Gasteiger partial charge in [0.2, 0.25) is 0 Å². The summed E-state index contributed by atoms with van der Waals surface area (Å²) in [6.45, 7) is 1.85. The standard InChI is InChI=1S/C11H17BrN2O2/c1-16-8-11(15)4-5-13-7-10-3-2-9(12)6-14-10/h2-3,6,11,13,15H,4-5,7-8H2,1H3. The molecular formula is C11H17BrN2O2. The smallest absolute Gasteiger partial charge is 0.0785 e. The van der Waals surface area contributed by atoms with Crippen LogP contribution in [0.2, 0.25) is 0 Å². The van der Waals surface area contributed by atoms with E-state index in [-0.39, 0.29) is 0 Å². The molecule has 4 nitrogen and oxygen atoms in total. The van der Waals surface area contributed by atoms with Crippen LogP contribution in [0, 0.1) is 0 Å². The maximum absolute atomic E-state index is 9.40. The fraction of sp³-hybridized carbons (Fsp3) is 0.545. The van der Waals surface area contributed by atoms with E-state index in [1.54, 1.807) is 13.3 Å². The Morgan fingerprint density at radius 3 is 3.00 bits per heavy atom. The van der Waals surface area contributed by atoms with Crippen molar-refractivity contribution >= 4 is 15.9 Å². The Balaban J connectivity index is 2.13. The second-order valence-electron chi connectivity index (χ2n) is 3.54. The van der Waals surface area contributed by atoms with Gasteiger partial charge in [0.15, 0.2) is 0 Å². The van der Waals surface area contributed by atoms with Crippen LogP contribution in [-0.4, -0.2) is 36.5 Å². The molecule has 0 aliphatic carbocycles. The maximum Gasteiger partial charge on any atom is 0.0785 e. The molecule has 1 unspecified atom stereocenters. The first-order valence-corrected chi connectivity index (χ1v) is 6.00. The van der Waals surface area contributed by atoms with Crippen LogP contribution in [0.1, 0.15) is 12.1 Å². The number of hydrogen-bond donors (Lipinski definition) is 2. The van der Waals surface area contributed by atoms with Crippen molar-refractivity contribution in [3.8, 4) is 0 Å². The van der Waals surface area contributed by atoms with Crippen LogP contribution in [0.5, 0.6) is 0 Å². The summed E-state index contributed by atoms with van der Waals surface area (Å²) in [5.41, 5.74) is 0.990. The lowest BCUT2D eigenvalue weighted by atomic mass is 10.2. The first-order valence-electron chi connectivity index (χ1n) is 5.20. The second kappa shape index (κ2) is 7.73. The molecule has 0 spiro atoms. The number of aliphatic hydroxyl groups excluding tert-OH is 1. The number of rotatable bonds is 7. The number of nitrogens with zero attached hydrogens (tertiary/aromatic N) is 1. The highest BCUT2D eigenvalue weighted by atomic mass is 79.9. The number of ether oxygens (including phenoxy) is 1. The van der Waals surface area contributed by atoms with E-state index in [4.69, 9.17) is 4.74 Å². The molecule has 1 rings (SSSR count). The molecule has 0 bridgehead atoms. The molecule has 5 heteroatoms. The monoisotopic (exact) mass is 288 g/mol. The number of aromatic nitrogens is 1. The number of pyridine rings is 1. The predicted molar refractivity (Wildman–Crippen MR) is 66.1 cm³/mol. The van der Waals surface area contributed by atoms with Crippen molar-refractivity contribution in [2.45, 2.75) is 19.1 Å². The lowest BCUT2D eigenvalue weighted by Gasteiger charge is -2.09. The van der Waals surface area contributed by atoms with E-state index in [0.29, 0.717) is 19.6 Å². The summed E-state index contributed by atoms with van der Waals surface area (Å²) in [6.07, 6.45) is 2.07. The van der Waals surface area contributed by atoms with Crippen LogP contribution in [0.3, 0.4) is 0 Å². The van der Waals surface area contributed by atoms with Gasteiger partial charge in [-0.15, -0.1) is 0 Å². The van der Waals surface area contributed by atoms with Crippen LogP contribution in [0.15, 0.2) is 22.8 Å². The quantitative estimate of drug-likeness (QED) is 0.744. The molecule has 1 aromatic rings. The van der Waals surface area contributed by atoms with Crippen LogP contribution >= 0.6 is 15.9 Å². The Bertz CT molecular complexity index is 293. The lowest BCUT2D eigenvalue weighted by Crippen LogP contribution is -2.23. The Morgan fingerprint density at radius 2 is 2.38 bits per heavy atom. The average molecular weight is 289 g/mol. The van der Waals surface area contributed by atoms with Gasteiger partial charge < -0.3 is 15.2 Å². The molecule has 0 aromatic carbocycles. The third-order valence-corrected chi connectivity index (χ3v) is 2.58. The van der Waals surface area contributed by atoms with Crippen molar-refractivity contribution in [1.29, 1.82) is 0 Å². The molecule has 2 N–H and O–H groups in total. The van der Waals surface area contributed by atoms with Crippen LogP contribution in [-0.2, 0) is 11.3 Å². The number of hydrogen-bond acceptors (Lipinski definition) is 4. The van der Waals surface area contributed by atoms with Crippen molar-refractivity contribution in [3.05, 3.63) is 28.5 Å². The molecule has 0 fully saturated rings. The molecule has 16 heavy (non-hydrogen) atoms. The summed E-state index contributed by atoms with van der Waals surface area (Å²) in [6, 6.07) is 3.92. The molecule has 1 atom stereocenters. The first-order chi connectivity index (χ1) is 7.72. The van der Waals surface area contributed by atoms with E-state index >= 15 is 0 Å². The number of nitrogens with one attached hydrogen (secondary N) is 1. The Hall–Kier alpha value is -0.490. The molecule has 0 saturated heterocycles. The lowest BCUT2D eigenvalue weighted by molar-refractivity contribution is 0.0594. The molecule has 0 aliphatic rings. The van der Waals surface area contributed by atoms with E-state index in [0.717, 1.165) is 16.7 Å². The van der Waals surface area contributed by atoms with Gasteiger partial charge in [-0.1, -0.05) is 0 Å². The van der Waals surface area contributed by atoms with Gasteiger partial charge in [0, 0.05) is 24.3 Å². The average Bonchev–Trinajstić information content (AvgIpc) is 2.27. The molecule has 1 heterocycles. The molecule has 0 amide bonds. The van der Waals surface area contributed by atoms with Gasteiger partial charge in [-0.25, -0.2) is 0 Å². The van der Waals surface area contributed by atoms with Gasteiger partial charge in [0.25, 0.3) is 0 Å². The van der Waals surface area contributed by atoms with E-state index < -0.39 is 6.10 Å². The Kier molecular flexibility index (Phi) is 6.56. The summed E-state index contributed by atoms with van der Waals surface area (Å²) < 4.78 is 5.82. The summed E-state index contributed by atoms with van der Waals surface area (Å²) in [5.74, 6) is 0. The van der Waals surface area contributed by atoms with Gasteiger partial charge in [-0.3, -0.25) is 4.98 Å². The van der Waals surface area contributed by atoms with Gasteiger partial charge in [-0.2, -0.15) is 0 Å². The summed E-state index contributed by atoms with van der Waals surface area (Å²) in [4.78, 5) is 4.23. The summed E-state index contributed by atoms with van der Waals surface area (Å²) >= 11 is 3.33. The Morgan fingerprint density at radius 1 is 1.56 bits per heavy atom. The third-order valence-electron chi connectivity index (χ3n) is 2.11. The highest BCUT2D eigenvalue weighted by Gasteiger charge is 2.02. The first kappa shape index (κ1) is 13.6. The number of aliphatic hydroxyl groups is 1. The van der Waals surface area contributed by atoms with Crippen LogP contribution < -0.4 is 5.32 Å². The van der Waals surface area contributed by atoms with E-state index in [1.165, 1.54) is 0 Å². The minimum Gasteiger partial charge on any atom is -0.391 e. The number of halogens is 1. The molecule has 1 aromatic heterocycles. The Labute approximate surface area is 104 Å². The summed E-state index contributed by atoms with van der Waals surface area (Å²) in [7, 11) is 1.59. The maximum atomic E-state index is 9.40. The van der Waals surface area contributed by atoms with Crippen molar-refractivity contribution in [2.75, 3.05) is 20.3 Å². The zero-order valence-electron chi connectivity index (χ0n) is 9.32. The largest absolute Gasteiger partial charge is 0.391 e. The van der Waals surface area contributed by atoms with E-state index in [1.807, 2.05) is 12.1 Å². The van der Waals surface area contributed by atoms with Crippen LogP contribution in [0.4, 0.5) is 0 Å². The molecule has 0 radical (unpaired) electrons.